The second-order valence-electron chi connectivity index (χ2n) is 7.35. The third kappa shape index (κ3) is 5.39. The van der Waals surface area contributed by atoms with Gasteiger partial charge < -0.3 is 0 Å². The summed E-state index contributed by atoms with van der Waals surface area (Å²) in [6, 6.07) is 19.0. The molecular weight excluding hydrogens is 429 g/mol. The Bertz CT molecular complexity index is 1240. The van der Waals surface area contributed by atoms with Crippen LogP contribution in [0.25, 0.3) is 0 Å². The van der Waals surface area contributed by atoms with Crippen LogP contribution in [-0.4, -0.2) is 26.6 Å². The summed E-state index contributed by atoms with van der Waals surface area (Å²) >= 11 is 0. The summed E-state index contributed by atoms with van der Waals surface area (Å²) in [7, 11) is -4.00. The number of hydrazone groups is 1. The molecule has 0 bridgehead atoms. The van der Waals surface area contributed by atoms with E-state index in [1.165, 1.54) is 24.3 Å². The molecule has 0 saturated heterocycles. The average molecular weight is 454 g/mol. The Morgan fingerprint density at radius 2 is 1.66 bits per heavy atom. The molecular formula is C24H24FN3O3S. The lowest BCUT2D eigenvalue weighted by Crippen LogP contribution is -2.40. The standard InChI is InChI=1S/C24H24FN3O3S/c1-17-9-14-23(18(2)15-17)28(32(30,31)22-7-5-4-6-8-22)16-24(29)27-26-19(3)20-10-12-21(25)13-11-20/h4-15H,16H2,1-3H3,(H,27,29)/b26-19-. The van der Waals surface area contributed by atoms with Gasteiger partial charge in [0.1, 0.15) is 12.4 Å². The normalized spacial score (nSPS) is 11.8. The number of benzene rings is 3. The molecule has 0 unspecified atom stereocenters. The van der Waals surface area contributed by atoms with Crippen molar-refractivity contribution < 1.29 is 17.6 Å². The van der Waals surface area contributed by atoms with E-state index >= 15 is 0 Å². The Hall–Kier alpha value is -3.52. The first kappa shape index (κ1) is 23.1. The Morgan fingerprint density at radius 3 is 2.28 bits per heavy atom. The Morgan fingerprint density at radius 1 is 1.00 bits per heavy atom. The van der Waals surface area contributed by atoms with Crippen LogP contribution in [0.2, 0.25) is 0 Å². The molecule has 0 atom stereocenters. The van der Waals surface area contributed by atoms with Gasteiger partial charge in [0.15, 0.2) is 0 Å². The molecule has 0 radical (unpaired) electrons. The number of anilines is 1. The number of carbonyl (C=O) groups excluding carboxylic acids is 1. The van der Waals surface area contributed by atoms with Gasteiger partial charge in [-0.05, 0) is 62.2 Å². The second-order valence-corrected chi connectivity index (χ2v) is 9.22. The minimum absolute atomic E-state index is 0.0822. The first-order valence-corrected chi connectivity index (χ1v) is 11.4. The molecule has 32 heavy (non-hydrogen) atoms. The van der Waals surface area contributed by atoms with Crippen molar-refractivity contribution >= 4 is 27.3 Å². The summed E-state index contributed by atoms with van der Waals surface area (Å²) < 4.78 is 40.9. The summed E-state index contributed by atoms with van der Waals surface area (Å²) in [5.41, 5.74) is 5.61. The number of hydrogen-bond donors (Lipinski definition) is 1. The summed E-state index contributed by atoms with van der Waals surface area (Å²) in [5, 5.41) is 4.04. The first-order valence-electron chi connectivity index (χ1n) is 9.92. The summed E-state index contributed by atoms with van der Waals surface area (Å²) in [5.74, 6) is -0.980. The van der Waals surface area contributed by atoms with E-state index in [-0.39, 0.29) is 10.7 Å². The van der Waals surface area contributed by atoms with Gasteiger partial charge in [-0.25, -0.2) is 18.2 Å². The van der Waals surface area contributed by atoms with Gasteiger partial charge in [-0.3, -0.25) is 9.10 Å². The quantitative estimate of drug-likeness (QED) is 0.431. The zero-order valence-corrected chi connectivity index (χ0v) is 18.9. The number of rotatable bonds is 7. The fourth-order valence-corrected chi connectivity index (χ4v) is 4.68. The van der Waals surface area contributed by atoms with Crippen LogP contribution in [0.3, 0.4) is 0 Å². The van der Waals surface area contributed by atoms with Gasteiger partial charge in [-0.1, -0.05) is 48.0 Å². The van der Waals surface area contributed by atoms with E-state index in [2.05, 4.69) is 10.5 Å². The molecule has 0 aliphatic rings. The smallest absolute Gasteiger partial charge is 0.264 e. The average Bonchev–Trinajstić information content (AvgIpc) is 2.77. The zero-order valence-electron chi connectivity index (χ0n) is 18.0. The van der Waals surface area contributed by atoms with E-state index in [1.54, 1.807) is 56.3 Å². The number of nitrogens with one attached hydrogen (secondary N) is 1. The van der Waals surface area contributed by atoms with Crippen molar-refractivity contribution in [3.05, 3.63) is 95.3 Å². The maximum atomic E-state index is 13.4. The maximum absolute atomic E-state index is 13.4. The van der Waals surface area contributed by atoms with Gasteiger partial charge in [0, 0.05) is 0 Å². The summed E-state index contributed by atoms with van der Waals surface area (Å²) in [4.78, 5) is 12.8. The number of halogens is 1. The lowest BCUT2D eigenvalue weighted by atomic mass is 10.1. The van der Waals surface area contributed by atoms with Gasteiger partial charge in [0.2, 0.25) is 0 Å². The van der Waals surface area contributed by atoms with Gasteiger partial charge in [-0.15, -0.1) is 0 Å². The lowest BCUT2D eigenvalue weighted by molar-refractivity contribution is -0.119. The van der Waals surface area contributed by atoms with Crippen LogP contribution in [0.1, 0.15) is 23.6 Å². The van der Waals surface area contributed by atoms with E-state index in [1.807, 2.05) is 13.0 Å². The molecule has 0 aromatic heterocycles. The van der Waals surface area contributed by atoms with Crippen molar-refractivity contribution in [2.24, 2.45) is 5.10 Å². The van der Waals surface area contributed by atoms with E-state index in [0.29, 0.717) is 17.0 Å². The predicted octanol–water partition coefficient (Wildman–Crippen LogP) is 4.18. The molecule has 166 valence electrons. The fourth-order valence-electron chi connectivity index (χ4n) is 3.17. The SMILES string of the molecule is C/C(=N/NC(=O)CN(c1ccc(C)cc1C)S(=O)(=O)c1ccccc1)c1ccc(F)cc1. The molecule has 1 amide bonds. The molecule has 0 heterocycles. The molecule has 3 aromatic carbocycles. The molecule has 0 saturated carbocycles. The summed E-state index contributed by atoms with van der Waals surface area (Å²) in [6.07, 6.45) is 0. The van der Waals surface area contributed by atoms with Crippen LogP contribution in [0.5, 0.6) is 0 Å². The maximum Gasteiger partial charge on any atom is 0.264 e. The van der Waals surface area contributed by atoms with Gasteiger partial charge >= 0.3 is 0 Å². The van der Waals surface area contributed by atoms with E-state index in [4.69, 9.17) is 0 Å². The lowest BCUT2D eigenvalue weighted by Gasteiger charge is -2.25. The topological polar surface area (TPSA) is 78.8 Å². The highest BCUT2D eigenvalue weighted by Crippen LogP contribution is 2.27. The molecule has 0 spiro atoms. The van der Waals surface area contributed by atoms with Crippen LogP contribution in [-0.2, 0) is 14.8 Å². The van der Waals surface area contributed by atoms with Gasteiger partial charge in [0.05, 0.1) is 16.3 Å². The first-order chi connectivity index (χ1) is 15.2. The van der Waals surface area contributed by atoms with Crippen LogP contribution >= 0.6 is 0 Å². The number of hydrogen-bond acceptors (Lipinski definition) is 4. The number of carbonyl (C=O) groups is 1. The highest BCUT2D eigenvalue weighted by molar-refractivity contribution is 7.92. The monoisotopic (exact) mass is 453 g/mol. The highest BCUT2D eigenvalue weighted by atomic mass is 32.2. The fraction of sp³-hybridized carbons (Fsp3) is 0.167. The minimum Gasteiger partial charge on any atom is -0.271 e. The molecule has 8 heteroatoms. The van der Waals surface area contributed by atoms with Crippen molar-refractivity contribution in [3.8, 4) is 0 Å². The Balaban J connectivity index is 1.89. The Kier molecular flexibility index (Phi) is 7.05. The van der Waals surface area contributed by atoms with E-state index in [9.17, 15) is 17.6 Å². The molecule has 0 aliphatic heterocycles. The molecule has 3 rings (SSSR count). The minimum atomic E-state index is -4.00. The molecule has 3 aromatic rings. The molecule has 6 nitrogen and oxygen atoms in total. The third-order valence-electron chi connectivity index (χ3n) is 4.85. The number of nitrogens with zero attached hydrogens (tertiary/aromatic N) is 2. The van der Waals surface area contributed by atoms with Crippen LogP contribution in [0, 0.1) is 19.7 Å². The zero-order chi connectivity index (χ0) is 23.3. The highest BCUT2D eigenvalue weighted by Gasteiger charge is 2.28. The van der Waals surface area contributed by atoms with Crippen LogP contribution < -0.4 is 9.73 Å². The van der Waals surface area contributed by atoms with E-state index in [0.717, 1.165) is 15.4 Å². The van der Waals surface area contributed by atoms with Crippen molar-refractivity contribution in [1.29, 1.82) is 0 Å². The third-order valence-corrected chi connectivity index (χ3v) is 6.62. The predicted molar refractivity (Wildman–Crippen MR) is 124 cm³/mol. The Labute approximate surface area is 187 Å². The summed E-state index contributed by atoms with van der Waals surface area (Å²) in [6.45, 7) is 4.91. The van der Waals surface area contributed by atoms with E-state index < -0.39 is 22.5 Å². The second kappa shape index (κ2) is 9.74. The van der Waals surface area contributed by atoms with Crippen molar-refractivity contribution in [3.63, 3.8) is 0 Å². The largest absolute Gasteiger partial charge is 0.271 e. The van der Waals surface area contributed by atoms with Crippen LogP contribution in [0.4, 0.5) is 10.1 Å². The number of amides is 1. The van der Waals surface area contributed by atoms with Crippen molar-refractivity contribution in [1.82, 2.24) is 5.43 Å². The van der Waals surface area contributed by atoms with Gasteiger partial charge in [-0.2, -0.15) is 5.10 Å². The van der Waals surface area contributed by atoms with Crippen molar-refractivity contribution in [2.75, 3.05) is 10.8 Å². The molecule has 0 fully saturated rings. The van der Waals surface area contributed by atoms with Crippen LogP contribution in [0.15, 0.2) is 82.8 Å². The number of aryl methyl sites for hydroxylation is 2. The van der Waals surface area contributed by atoms with Crippen molar-refractivity contribution in [2.45, 2.75) is 25.7 Å². The number of sulfonamides is 1. The molecule has 1 N–H and O–H groups in total. The molecule has 0 aliphatic carbocycles. The van der Waals surface area contributed by atoms with Gasteiger partial charge in [0.25, 0.3) is 15.9 Å².